The molecule has 0 saturated carbocycles. The fourth-order valence-corrected chi connectivity index (χ4v) is 3.23. The average molecular weight is 425 g/mol. The van der Waals surface area contributed by atoms with Gasteiger partial charge in [-0.15, -0.1) is 0 Å². The first kappa shape index (κ1) is 21.2. The molecule has 0 fully saturated rings. The van der Waals surface area contributed by atoms with Crippen LogP contribution in [0.15, 0.2) is 66.7 Å². The molecule has 7 heteroatoms. The number of rotatable bonds is 6. The Bertz CT molecular complexity index is 1070. The molecular formula is C23H21ClN2O4. The van der Waals surface area contributed by atoms with Crippen LogP contribution in [-0.4, -0.2) is 24.1 Å². The molecule has 6 nitrogen and oxygen atoms in total. The Kier molecular flexibility index (Phi) is 6.59. The van der Waals surface area contributed by atoms with Crippen molar-refractivity contribution < 1.29 is 19.4 Å². The molecular weight excluding hydrogens is 404 g/mol. The Morgan fingerprint density at radius 2 is 1.80 bits per heavy atom. The lowest BCUT2D eigenvalue weighted by molar-refractivity contribution is -0.141. The van der Waals surface area contributed by atoms with Crippen molar-refractivity contribution >= 4 is 29.2 Å². The number of methoxy groups -OCH3 is 1. The van der Waals surface area contributed by atoms with E-state index in [4.69, 9.17) is 22.1 Å². The molecule has 3 rings (SSSR count). The minimum atomic E-state index is -0.624. The maximum atomic E-state index is 12.8. The smallest absolute Gasteiger partial charge is 0.307 e. The summed E-state index contributed by atoms with van der Waals surface area (Å²) < 4.78 is 4.77. The van der Waals surface area contributed by atoms with Crippen LogP contribution in [-0.2, 0) is 9.53 Å². The molecule has 0 radical (unpaired) electrons. The third-order valence-corrected chi connectivity index (χ3v) is 4.89. The summed E-state index contributed by atoms with van der Waals surface area (Å²) in [6.07, 6.45) is -0.0474. The summed E-state index contributed by atoms with van der Waals surface area (Å²) >= 11 is 5.98. The number of aromatic hydroxyl groups is 1. The first-order valence-corrected chi connectivity index (χ1v) is 9.57. The summed E-state index contributed by atoms with van der Waals surface area (Å²) in [5, 5.41) is 12.9. The minimum absolute atomic E-state index is 0.0474. The van der Waals surface area contributed by atoms with Crippen molar-refractivity contribution in [1.29, 1.82) is 0 Å². The summed E-state index contributed by atoms with van der Waals surface area (Å²) in [6.45, 7) is 0. The molecule has 1 atom stereocenters. The van der Waals surface area contributed by atoms with E-state index in [0.717, 1.165) is 16.7 Å². The largest absolute Gasteiger partial charge is 0.508 e. The van der Waals surface area contributed by atoms with Gasteiger partial charge in [-0.25, -0.2) is 0 Å². The number of nitrogens with two attached hydrogens (primary N) is 1. The Hall–Kier alpha value is -3.51. The Balaban J connectivity index is 1.87. The highest BCUT2D eigenvalue weighted by molar-refractivity contribution is 6.31. The highest BCUT2D eigenvalue weighted by Crippen LogP contribution is 2.27. The van der Waals surface area contributed by atoms with Crippen LogP contribution in [0.2, 0.25) is 5.02 Å². The molecule has 1 unspecified atom stereocenters. The van der Waals surface area contributed by atoms with Crippen molar-refractivity contribution in [3.05, 3.63) is 82.9 Å². The van der Waals surface area contributed by atoms with Crippen molar-refractivity contribution in [2.24, 2.45) is 0 Å². The number of hydrogen-bond acceptors (Lipinski definition) is 5. The van der Waals surface area contributed by atoms with Crippen LogP contribution >= 0.6 is 11.6 Å². The summed E-state index contributed by atoms with van der Waals surface area (Å²) in [6, 6.07) is 18.2. The molecule has 3 aromatic carbocycles. The quantitative estimate of drug-likeness (QED) is 0.404. The van der Waals surface area contributed by atoms with Crippen LogP contribution in [0.1, 0.15) is 28.4 Å². The highest BCUT2D eigenvalue weighted by Gasteiger charge is 2.21. The number of esters is 1. The zero-order chi connectivity index (χ0) is 21.7. The summed E-state index contributed by atoms with van der Waals surface area (Å²) in [4.78, 5) is 24.7. The number of phenolic OH excluding ortho intramolecular Hbond substituents is 1. The molecule has 0 heterocycles. The van der Waals surface area contributed by atoms with Gasteiger partial charge in [-0.2, -0.15) is 0 Å². The first-order chi connectivity index (χ1) is 14.4. The number of ether oxygens (including phenoxy) is 1. The predicted octanol–water partition coefficient (Wildman–Crippen LogP) is 4.33. The number of hydrogen-bond donors (Lipinski definition) is 3. The van der Waals surface area contributed by atoms with E-state index in [9.17, 15) is 14.7 Å². The number of carbonyl (C=O) groups is 2. The van der Waals surface area contributed by atoms with E-state index in [1.54, 1.807) is 30.3 Å². The lowest BCUT2D eigenvalue weighted by Gasteiger charge is -2.19. The number of phenols is 1. The van der Waals surface area contributed by atoms with Gasteiger partial charge in [0, 0.05) is 10.7 Å². The van der Waals surface area contributed by atoms with Crippen molar-refractivity contribution in [3.63, 3.8) is 0 Å². The topological polar surface area (TPSA) is 102 Å². The van der Waals surface area contributed by atoms with Gasteiger partial charge >= 0.3 is 5.97 Å². The van der Waals surface area contributed by atoms with Crippen LogP contribution in [0.25, 0.3) is 11.1 Å². The number of nitrogen functional groups attached to an aromatic ring is 1. The Morgan fingerprint density at radius 1 is 1.07 bits per heavy atom. The third-order valence-electron chi connectivity index (χ3n) is 4.66. The van der Waals surface area contributed by atoms with Crippen molar-refractivity contribution in [1.82, 2.24) is 5.32 Å². The predicted molar refractivity (Wildman–Crippen MR) is 116 cm³/mol. The molecule has 0 spiro atoms. The Morgan fingerprint density at radius 3 is 2.47 bits per heavy atom. The second kappa shape index (κ2) is 9.33. The summed E-state index contributed by atoms with van der Waals surface area (Å²) in [5.41, 5.74) is 8.87. The average Bonchev–Trinajstić information content (AvgIpc) is 2.75. The number of anilines is 1. The number of benzene rings is 3. The van der Waals surface area contributed by atoms with Gasteiger partial charge in [0.15, 0.2) is 0 Å². The van der Waals surface area contributed by atoms with Crippen molar-refractivity contribution in [2.45, 2.75) is 12.5 Å². The van der Waals surface area contributed by atoms with E-state index in [0.29, 0.717) is 5.02 Å². The van der Waals surface area contributed by atoms with Crippen LogP contribution in [0.4, 0.5) is 5.69 Å². The molecule has 1 amide bonds. The van der Waals surface area contributed by atoms with E-state index in [2.05, 4.69) is 5.32 Å². The van der Waals surface area contributed by atoms with E-state index in [1.165, 1.54) is 13.2 Å². The van der Waals surface area contributed by atoms with Gasteiger partial charge in [0.05, 0.1) is 25.1 Å². The third kappa shape index (κ3) is 5.10. The van der Waals surface area contributed by atoms with Crippen LogP contribution in [0.5, 0.6) is 5.75 Å². The minimum Gasteiger partial charge on any atom is -0.508 e. The first-order valence-electron chi connectivity index (χ1n) is 9.19. The van der Waals surface area contributed by atoms with Crippen molar-refractivity contribution in [3.8, 4) is 16.9 Å². The standard InChI is InChI=1S/C23H21ClN2O4/c1-30-22(28)13-21(26-23(29)19-12-17(24)9-10-20(19)25)15-7-5-14(6-8-15)16-3-2-4-18(27)11-16/h2-12,21,27H,13,25H2,1H3,(H,26,29). The van der Waals surface area contributed by atoms with Gasteiger partial charge in [-0.05, 0) is 47.0 Å². The molecule has 30 heavy (non-hydrogen) atoms. The summed E-state index contributed by atoms with van der Waals surface area (Å²) in [7, 11) is 1.29. The van der Waals surface area contributed by atoms with E-state index in [1.807, 2.05) is 30.3 Å². The molecule has 154 valence electrons. The summed E-state index contributed by atoms with van der Waals surface area (Å²) in [5.74, 6) is -0.732. The molecule has 0 aliphatic heterocycles. The molecule has 0 aromatic heterocycles. The SMILES string of the molecule is COC(=O)CC(NC(=O)c1cc(Cl)ccc1N)c1ccc(-c2cccc(O)c2)cc1. The lowest BCUT2D eigenvalue weighted by atomic mass is 9.98. The van der Waals surface area contributed by atoms with Gasteiger partial charge in [0.25, 0.3) is 5.91 Å². The fraction of sp³-hybridized carbons (Fsp3) is 0.130. The molecule has 4 N–H and O–H groups in total. The highest BCUT2D eigenvalue weighted by atomic mass is 35.5. The maximum Gasteiger partial charge on any atom is 0.307 e. The zero-order valence-corrected chi connectivity index (χ0v) is 17.0. The van der Waals surface area contributed by atoms with Crippen LogP contribution in [0.3, 0.4) is 0 Å². The lowest BCUT2D eigenvalue weighted by Crippen LogP contribution is -2.31. The number of halogens is 1. The zero-order valence-electron chi connectivity index (χ0n) is 16.3. The number of carbonyl (C=O) groups excluding carboxylic acids is 2. The van der Waals surface area contributed by atoms with E-state index in [-0.39, 0.29) is 23.4 Å². The fourth-order valence-electron chi connectivity index (χ4n) is 3.06. The number of nitrogens with one attached hydrogen (secondary N) is 1. The molecule has 0 aliphatic rings. The van der Waals surface area contributed by atoms with Gasteiger partial charge in [-0.1, -0.05) is 48.0 Å². The van der Waals surface area contributed by atoms with Gasteiger partial charge in [0.1, 0.15) is 5.75 Å². The molecule has 3 aromatic rings. The van der Waals surface area contributed by atoms with Gasteiger partial charge in [0.2, 0.25) is 0 Å². The van der Waals surface area contributed by atoms with Gasteiger partial charge < -0.3 is 20.9 Å². The molecule has 0 bridgehead atoms. The Labute approximate surface area is 179 Å². The normalized spacial score (nSPS) is 11.5. The molecule has 0 saturated heterocycles. The monoisotopic (exact) mass is 424 g/mol. The van der Waals surface area contributed by atoms with Crippen LogP contribution in [0, 0.1) is 0 Å². The van der Waals surface area contributed by atoms with Crippen LogP contribution < -0.4 is 11.1 Å². The second-order valence-electron chi connectivity index (χ2n) is 6.71. The maximum absolute atomic E-state index is 12.8. The van der Waals surface area contributed by atoms with Gasteiger partial charge in [-0.3, -0.25) is 9.59 Å². The second-order valence-corrected chi connectivity index (χ2v) is 7.15. The van der Waals surface area contributed by atoms with E-state index < -0.39 is 17.9 Å². The molecule has 0 aliphatic carbocycles. The number of amides is 1. The van der Waals surface area contributed by atoms with E-state index >= 15 is 0 Å². The van der Waals surface area contributed by atoms with Crippen molar-refractivity contribution in [2.75, 3.05) is 12.8 Å².